The Morgan fingerprint density at radius 1 is 0.779 bits per heavy atom. The molecular weight excluding hydrogens is 993 g/mol. The molecule has 3 aliphatic heterocycles. The molecule has 4 aliphatic rings. The summed E-state index contributed by atoms with van der Waals surface area (Å²) in [5.74, 6) is -0.551. The lowest BCUT2D eigenvalue weighted by Crippen LogP contribution is -2.52. The van der Waals surface area contributed by atoms with Crippen molar-refractivity contribution in [1.29, 1.82) is 0 Å². The van der Waals surface area contributed by atoms with Crippen LogP contribution in [0.25, 0.3) is 33.4 Å². The molecule has 26 nitrogen and oxygen atoms in total. The van der Waals surface area contributed by atoms with E-state index in [2.05, 4.69) is 30.9 Å². The third kappa shape index (κ3) is 12.3. The normalized spacial score (nSPS) is 15.2. The summed E-state index contributed by atoms with van der Waals surface area (Å²) in [6, 6.07) is 12.4. The van der Waals surface area contributed by atoms with Crippen LogP contribution < -0.4 is 37.7 Å². The number of benzene rings is 3. The summed E-state index contributed by atoms with van der Waals surface area (Å²) in [6.45, 7) is 7.23. The van der Waals surface area contributed by atoms with Crippen LogP contribution in [0, 0.1) is 0 Å². The number of nitrogens with one attached hydrogen (secondary N) is 1. The van der Waals surface area contributed by atoms with E-state index >= 15 is 0 Å². The van der Waals surface area contributed by atoms with Gasteiger partial charge in [-0.1, -0.05) is 16.5 Å². The molecule has 0 spiro atoms. The number of carbonyl (C=O) groups is 3. The van der Waals surface area contributed by atoms with E-state index in [1.54, 1.807) is 69.7 Å². The SMILES string of the molecule is CC(O)Cc1cn([C@@H](CCCCN)C(=O)N2CCN(c3nc(Nc4ccc(-c5c6ccc(=O)cc-6oc6cc(O)ccc56)c(C(=O)O)c4)nc(N4CCN(C(=O)[C@H](C)n5cc(CCCN=C(N)N)nn5)CC4)n3)CC2)nn1. The maximum absolute atomic E-state index is 14.3. The van der Waals surface area contributed by atoms with Crippen LogP contribution in [-0.2, 0) is 22.4 Å². The number of nitrogens with zero attached hydrogens (tertiary/aromatic N) is 14. The molecule has 1 unspecified atom stereocenters. The average molecular weight is 1060 g/mol. The van der Waals surface area contributed by atoms with Crippen LogP contribution in [0.4, 0.5) is 23.5 Å². The second kappa shape index (κ2) is 23.4. The topological polar surface area (TPSA) is 358 Å². The Labute approximate surface area is 441 Å². The Kier molecular flexibility index (Phi) is 16.1. The number of hydrogen-bond acceptors (Lipinski definition) is 19. The highest BCUT2D eigenvalue weighted by molar-refractivity contribution is 6.08. The van der Waals surface area contributed by atoms with Crippen molar-refractivity contribution in [2.75, 3.05) is 80.6 Å². The van der Waals surface area contributed by atoms with E-state index in [0.29, 0.717) is 149 Å². The van der Waals surface area contributed by atoms with E-state index in [0.717, 1.165) is 6.42 Å². The lowest BCUT2D eigenvalue weighted by Gasteiger charge is -2.38. The smallest absolute Gasteiger partial charge is 0.336 e. The number of phenols is 1. The Bertz CT molecular complexity index is 3300. The Balaban J connectivity index is 0.976. The fraction of sp³-hybridized carbons (Fsp3) is 0.412. The van der Waals surface area contributed by atoms with Crippen LogP contribution >= 0.6 is 0 Å². The van der Waals surface area contributed by atoms with Gasteiger partial charge in [-0.25, -0.2) is 14.2 Å². The number of guanidine groups is 1. The molecule has 0 saturated carbocycles. The average Bonchev–Trinajstić information content (AvgIpc) is 4.12. The van der Waals surface area contributed by atoms with Crippen LogP contribution in [0.3, 0.4) is 0 Å². The summed E-state index contributed by atoms with van der Waals surface area (Å²) in [5, 5.41) is 51.7. The number of aromatic nitrogens is 9. The van der Waals surface area contributed by atoms with Crippen molar-refractivity contribution in [3.8, 4) is 28.2 Å². The van der Waals surface area contributed by atoms with Crippen molar-refractivity contribution in [3.05, 3.63) is 94.2 Å². The molecule has 3 aromatic heterocycles. The van der Waals surface area contributed by atoms with Gasteiger partial charge in [-0.2, -0.15) is 15.0 Å². The third-order valence-corrected chi connectivity index (χ3v) is 13.6. The van der Waals surface area contributed by atoms with Gasteiger partial charge in [-0.05, 0) is 94.5 Å². The number of aliphatic imine (C=N–C) groups is 1. The summed E-state index contributed by atoms with van der Waals surface area (Å²) in [6.07, 6.45) is 6.35. The lowest BCUT2D eigenvalue weighted by molar-refractivity contribution is -0.136. The number of carboxylic acid groups (broad SMARTS) is 1. The van der Waals surface area contributed by atoms with Gasteiger partial charge in [0.15, 0.2) is 11.4 Å². The molecule has 2 saturated heterocycles. The van der Waals surface area contributed by atoms with E-state index in [9.17, 15) is 34.5 Å². The molecule has 0 bridgehead atoms. The van der Waals surface area contributed by atoms with E-state index < -0.39 is 24.2 Å². The third-order valence-electron chi connectivity index (χ3n) is 13.6. The van der Waals surface area contributed by atoms with Gasteiger partial charge in [0.1, 0.15) is 29.2 Å². The van der Waals surface area contributed by atoms with Gasteiger partial charge in [-0.3, -0.25) is 19.4 Å². The fourth-order valence-electron chi connectivity index (χ4n) is 9.63. The van der Waals surface area contributed by atoms with E-state index in [1.165, 1.54) is 30.3 Å². The molecule has 1 aliphatic carbocycles. The van der Waals surface area contributed by atoms with Crippen LogP contribution in [-0.4, -0.2) is 165 Å². The number of phenolic OH excluding ortho intramolecular Hbond substituents is 1. The molecule has 2 aromatic carbocycles. The first-order valence-electron chi connectivity index (χ1n) is 25.5. The summed E-state index contributed by atoms with van der Waals surface area (Å²) in [5.41, 5.74) is 19.5. The molecule has 5 aromatic rings. The highest BCUT2D eigenvalue weighted by Crippen LogP contribution is 2.42. The maximum Gasteiger partial charge on any atom is 0.336 e. The number of aromatic hydroxyl groups is 1. The first kappa shape index (κ1) is 53.1. The number of fused-ring (bicyclic) bond motifs is 2. The van der Waals surface area contributed by atoms with Gasteiger partial charge in [0.05, 0.1) is 23.1 Å². The van der Waals surface area contributed by atoms with Crippen molar-refractivity contribution in [2.24, 2.45) is 22.2 Å². The minimum atomic E-state index is -1.23. The fourth-order valence-corrected chi connectivity index (χ4v) is 9.63. The molecule has 3 atom stereocenters. The number of aliphatic hydroxyl groups is 1. The van der Waals surface area contributed by atoms with Crippen molar-refractivity contribution in [2.45, 2.75) is 70.6 Å². The predicted molar refractivity (Wildman–Crippen MR) is 285 cm³/mol. The number of nitrogens with two attached hydrogens (primary N) is 3. The standard InChI is InChI=1S/C51H62N18O8/c1-30(70)24-34-29-69(63-61-34)41(7-3-4-14-52)46(74)65-18-22-67(23-19-65)51-58-49(57-50(59-51)66-20-16-64(17-21-66)45(73)31(2)68-28-33(60-62-68)6-5-15-55-48(53)54)56-32-8-11-37(40(25-32)47(75)76)44-38-12-9-35(71)26-42(38)77-43-27-36(72)10-13-39(43)44/h8-13,25-31,41,70-71H,3-7,14-24,52H2,1-2H3,(H,75,76)(H4,53,54,55)(H,56,57,58,59)/t30?,31-,41-/m0/s1. The second-order valence-corrected chi connectivity index (χ2v) is 19.2. The maximum atomic E-state index is 14.3. The molecule has 9 rings (SSSR count). The summed E-state index contributed by atoms with van der Waals surface area (Å²) in [4.78, 5) is 79.9. The predicted octanol–water partition coefficient (Wildman–Crippen LogP) is 2.14. The zero-order chi connectivity index (χ0) is 54.3. The van der Waals surface area contributed by atoms with E-state index in [4.69, 9.17) is 36.6 Å². The van der Waals surface area contributed by atoms with Crippen LogP contribution in [0.1, 0.15) is 73.4 Å². The van der Waals surface area contributed by atoms with Crippen LogP contribution in [0.5, 0.6) is 5.75 Å². The molecule has 2 amide bonds. The van der Waals surface area contributed by atoms with Gasteiger partial charge < -0.3 is 61.9 Å². The molecular formula is C51H62N18O8. The van der Waals surface area contributed by atoms with Crippen molar-refractivity contribution in [1.82, 2.24) is 54.7 Å². The minimum absolute atomic E-state index is 0.0213. The molecule has 0 radical (unpaired) electrons. The highest BCUT2D eigenvalue weighted by Gasteiger charge is 2.33. The molecule has 26 heteroatoms. The number of aromatic carboxylic acids is 1. The molecule has 2 fully saturated rings. The number of hydrogen-bond donors (Lipinski definition) is 7. The Morgan fingerprint density at radius 3 is 2.12 bits per heavy atom. The highest BCUT2D eigenvalue weighted by atomic mass is 16.4. The molecule has 404 valence electrons. The monoisotopic (exact) mass is 1050 g/mol. The van der Waals surface area contributed by atoms with Crippen LogP contribution in [0.2, 0.25) is 0 Å². The van der Waals surface area contributed by atoms with Crippen molar-refractivity contribution >= 4 is 58.2 Å². The quantitative estimate of drug-likeness (QED) is 0.0249. The summed E-state index contributed by atoms with van der Waals surface area (Å²) < 4.78 is 9.15. The number of carboxylic acids is 1. The number of rotatable bonds is 20. The zero-order valence-corrected chi connectivity index (χ0v) is 42.8. The van der Waals surface area contributed by atoms with Gasteiger partial charge in [-0.15, -0.1) is 10.2 Å². The van der Waals surface area contributed by atoms with E-state index in [-0.39, 0.29) is 51.8 Å². The Morgan fingerprint density at radius 2 is 1.44 bits per heavy atom. The van der Waals surface area contributed by atoms with Gasteiger partial charge in [0.2, 0.25) is 29.7 Å². The second-order valence-electron chi connectivity index (χ2n) is 19.2. The van der Waals surface area contributed by atoms with Crippen LogP contribution in [0.15, 0.2) is 81.2 Å². The number of aryl methyl sites for hydroxylation is 1. The summed E-state index contributed by atoms with van der Waals surface area (Å²) in [7, 11) is 0. The number of piperazine rings is 2. The van der Waals surface area contributed by atoms with E-state index in [1.807, 2.05) is 9.80 Å². The first-order chi connectivity index (χ1) is 37.1. The zero-order valence-electron chi connectivity index (χ0n) is 42.8. The van der Waals surface area contributed by atoms with Crippen molar-refractivity contribution in [3.63, 3.8) is 0 Å². The molecule has 6 heterocycles. The number of unbranched alkanes of at least 4 members (excludes halogenated alkanes) is 1. The van der Waals surface area contributed by atoms with Gasteiger partial charge in [0.25, 0.3) is 0 Å². The summed E-state index contributed by atoms with van der Waals surface area (Å²) >= 11 is 0. The first-order valence-corrected chi connectivity index (χ1v) is 25.5. The number of carbonyl (C=O) groups excluding carboxylic acids is 2. The lowest BCUT2D eigenvalue weighted by atomic mass is 9.90. The number of aliphatic hydroxyl groups excluding tert-OH is 1. The minimum Gasteiger partial charge on any atom is -0.508 e. The van der Waals surface area contributed by atoms with Gasteiger partial charge in [0, 0.05) is 112 Å². The largest absolute Gasteiger partial charge is 0.508 e. The van der Waals surface area contributed by atoms with Crippen molar-refractivity contribution < 1.29 is 34.1 Å². The van der Waals surface area contributed by atoms with Gasteiger partial charge >= 0.3 is 5.97 Å². The molecule has 10 N–H and O–H groups in total. The number of amides is 2. The molecule has 77 heavy (non-hydrogen) atoms. The Hall–Kier alpha value is -8.78. The number of anilines is 4.